The van der Waals surface area contributed by atoms with Gasteiger partial charge in [0.2, 0.25) is 11.7 Å². The third kappa shape index (κ3) is 4.42. The summed E-state index contributed by atoms with van der Waals surface area (Å²) in [6, 6.07) is 7.76. The molecule has 8 heteroatoms. The molecule has 162 valence electrons. The average molecular weight is 440 g/mol. The molecule has 31 heavy (non-hydrogen) atoms. The van der Waals surface area contributed by atoms with Gasteiger partial charge in [0.05, 0.1) is 11.4 Å². The van der Waals surface area contributed by atoms with Gasteiger partial charge in [-0.25, -0.2) is 15.0 Å². The molecule has 0 radical (unpaired) electrons. The van der Waals surface area contributed by atoms with Gasteiger partial charge in [-0.2, -0.15) is 0 Å². The number of aromatic nitrogens is 3. The van der Waals surface area contributed by atoms with Crippen molar-refractivity contribution in [2.24, 2.45) is 0 Å². The molecule has 0 atom stereocenters. The van der Waals surface area contributed by atoms with Crippen LogP contribution >= 0.6 is 11.6 Å². The fraction of sp³-hybridized carbons (Fsp3) is 0.391. The standard InChI is InChI=1S/C23H26ClN5O2/c1-14-21(31-15(2)26-14)22(30)29-10-8-16(9-11-29)20-19(13-25-23(27-20)28(3)4)17-6-5-7-18(24)12-17/h5-7,12-13,16H,8-11H2,1-4H3. The van der Waals surface area contributed by atoms with Gasteiger partial charge in [0.15, 0.2) is 5.89 Å². The maximum atomic E-state index is 12.9. The lowest BCUT2D eigenvalue weighted by molar-refractivity contribution is 0.0677. The second kappa shape index (κ2) is 8.67. The quantitative estimate of drug-likeness (QED) is 0.596. The monoisotopic (exact) mass is 439 g/mol. The van der Waals surface area contributed by atoms with Gasteiger partial charge in [0, 0.05) is 56.8 Å². The predicted molar refractivity (Wildman–Crippen MR) is 121 cm³/mol. The number of hydrogen-bond donors (Lipinski definition) is 0. The van der Waals surface area contributed by atoms with Crippen LogP contribution in [-0.4, -0.2) is 52.9 Å². The number of hydrogen-bond acceptors (Lipinski definition) is 6. The molecule has 3 aromatic rings. The summed E-state index contributed by atoms with van der Waals surface area (Å²) >= 11 is 6.23. The largest absolute Gasteiger partial charge is 0.436 e. The fourth-order valence-corrected chi connectivity index (χ4v) is 4.21. The van der Waals surface area contributed by atoms with Crippen LogP contribution in [0.4, 0.5) is 5.95 Å². The van der Waals surface area contributed by atoms with Crippen molar-refractivity contribution in [1.82, 2.24) is 19.9 Å². The summed E-state index contributed by atoms with van der Waals surface area (Å²) in [4.78, 5) is 30.3. The van der Waals surface area contributed by atoms with Gasteiger partial charge in [-0.15, -0.1) is 0 Å². The number of nitrogens with zero attached hydrogens (tertiary/aromatic N) is 5. The number of benzene rings is 1. The van der Waals surface area contributed by atoms with E-state index < -0.39 is 0 Å². The highest BCUT2D eigenvalue weighted by molar-refractivity contribution is 6.30. The van der Waals surface area contributed by atoms with Crippen molar-refractivity contribution in [3.8, 4) is 11.1 Å². The van der Waals surface area contributed by atoms with Gasteiger partial charge in [0.1, 0.15) is 0 Å². The Balaban J connectivity index is 1.59. The van der Waals surface area contributed by atoms with Crippen molar-refractivity contribution in [2.45, 2.75) is 32.6 Å². The summed E-state index contributed by atoms with van der Waals surface area (Å²) in [5.41, 5.74) is 3.62. The Morgan fingerprint density at radius 1 is 1.19 bits per heavy atom. The number of amides is 1. The maximum absolute atomic E-state index is 12.9. The lowest BCUT2D eigenvalue weighted by Gasteiger charge is -2.32. The molecule has 1 aliphatic rings. The third-order valence-electron chi connectivity index (χ3n) is 5.61. The highest BCUT2D eigenvalue weighted by Gasteiger charge is 2.30. The molecule has 0 spiro atoms. The molecule has 2 aromatic heterocycles. The Morgan fingerprint density at radius 3 is 2.55 bits per heavy atom. The van der Waals surface area contributed by atoms with Gasteiger partial charge < -0.3 is 14.2 Å². The van der Waals surface area contributed by atoms with Gasteiger partial charge in [0.25, 0.3) is 5.91 Å². The number of carbonyl (C=O) groups is 1. The first-order valence-electron chi connectivity index (χ1n) is 10.4. The van der Waals surface area contributed by atoms with Crippen molar-refractivity contribution >= 4 is 23.5 Å². The van der Waals surface area contributed by atoms with Gasteiger partial charge >= 0.3 is 0 Å². The zero-order chi connectivity index (χ0) is 22.1. The molecule has 0 N–H and O–H groups in total. The van der Waals surface area contributed by atoms with E-state index in [0.717, 1.165) is 29.7 Å². The molecule has 3 heterocycles. The van der Waals surface area contributed by atoms with Crippen LogP contribution in [0.1, 0.15) is 46.6 Å². The summed E-state index contributed by atoms with van der Waals surface area (Å²) < 4.78 is 5.53. The number of carbonyl (C=O) groups excluding carboxylic acids is 1. The van der Waals surface area contributed by atoms with Crippen LogP contribution < -0.4 is 4.90 Å². The van der Waals surface area contributed by atoms with Crippen LogP contribution in [0.5, 0.6) is 0 Å². The first-order valence-corrected chi connectivity index (χ1v) is 10.7. The van der Waals surface area contributed by atoms with Crippen LogP contribution in [0.25, 0.3) is 11.1 Å². The smallest absolute Gasteiger partial charge is 0.291 e. The molecular formula is C23H26ClN5O2. The number of aryl methyl sites for hydroxylation is 2. The number of piperidine rings is 1. The molecule has 1 aliphatic heterocycles. The lowest BCUT2D eigenvalue weighted by Crippen LogP contribution is -2.38. The number of anilines is 1. The van der Waals surface area contributed by atoms with E-state index in [-0.39, 0.29) is 11.8 Å². The normalized spacial score (nSPS) is 14.7. The summed E-state index contributed by atoms with van der Waals surface area (Å²) in [6.45, 7) is 4.83. The molecule has 7 nitrogen and oxygen atoms in total. The molecule has 1 saturated heterocycles. The van der Waals surface area contributed by atoms with E-state index in [9.17, 15) is 4.79 Å². The molecule has 0 aliphatic carbocycles. The van der Waals surface area contributed by atoms with E-state index in [1.165, 1.54) is 0 Å². The fourth-order valence-electron chi connectivity index (χ4n) is 4.02. The zero-order valence-corrected chi connectivity index (χ0v) is 19.0. The molecule has 0 saturated carbocycles. The molecule has 1 aromatic carbocycles. The van der Waals surface area contributed by atoms with E-state index in [0.29, 0.717) is 41.4 Å². The number of rotatable bonds is 4. The van der Waals surface area contributed by atoms with Gasteiger partial charge in [-0.1, -0.05) is 23.7 Å². The van der Waals surface area contributed by atoms with E-state index in [2.05, 4.69) is 9.97 Å². The highest BCUT2D eigenvalue weighted by atomic mass is 35.5. The second-order valence-corrected chi connectivity index (χ2v) is 8.52. The lowest BCUT2D eigenvalue weighted by atomic mass is 9.89. The minimum atomic E-state index is -0.0942. The van der Waals surface area contributed by atoms with Crippen LogP contribution in [0.3, 0.4) is 0 Å². The van der Waals surface area contributed by atoms with Crippen molar-refractivity contribution in [3.63, 3.8) is 0 Å². The first-order chi connectivity index (χ1) is 14.8. The zero-order valence-electron chi connectivity index (χ0n) is 18.2. The molecule has 0 bridgehead atoms. The van der Waals surface area contributed by atoms with E-state index >= 15 is 0 Å². The Morgan fingerprint density at radius 2 is 1.94 bits per heavy atom. The van der Waals surface area contributed by atoms with Gasteiger partial charge in [-0.05, 0) is 37.5 Å². The predicted octanol–water partition coefficient (Wildman–Crippen LogP) is 4.49. The van der Waals surface area contributed by atoms with Crippen molar-refractivity contribution in [2.75, 3.05) is 32.1 Å². The molecular weight excluding hydrogens is 414 g/mol. The highest BCUT2D eigenvalue weighted by Crippen LogP contribution is 2.35. The molecule has 0 unspecified atom stereocenters. The minimum Gasteiger partial charge on any atom is -0.436 e. The third-order valence-corrected chi connectivity index (χ3v) is 5.84. The maximum Gasteiger partial charge on any atom is 0.291 e. The SMILES string of the molecule is Cc1nc(C)c(C(=O)N2CCC(c3nc(N(C)C)ncc3-c3cccc(Cl)c3)CC2)o1. The Labute approximate surface area is 187 Å². The van der Waals surface area contributed by atoms with Crippen LogP contribution in [0, 0.1) is 13.8 Å². The van der Waals surface area contributed by atoms with Crippen molar-refractivity contribution in [3.05, 3.63) is 58.5 Å². The topological polar surface area (TPSA) is 75.4 Å². The Kier molecular flexibility index (Phi) is 5.96. The van der Waals surface area contributed by atoms with Gasteiger partial charge in [-0.3, -0.25) is 4.79 Å². The minimum absolute atomic E-state index is 0.0942. The van der Waals surface area contributed by atoms with E-state index in [4.69, 9.17) is 21.0 Å². The van der Waals surface area contributed by atoms with Crippen LogP contribution in [0.2, 0.25) is 5.02 Å². The Bertz CT molecular complexity index is 1100. The number of oxazole rings is 1. The number of likely N-dealkylation sites (tertiary alicyclic amines) is 1. The van der Waals surface area contributed by atoms with E-state index in [1.54, 1.807) is 13.8 Å². The summed E-state index contributed by atoms with van der Waals surface area (Å²) in [5, 5.41) is 0.679. The second-order valence-electron chi connectivity index (χ2n) is 8.09. The summed E-state index contributed by atoms with van der Waals surface area (Å²) in [5.74, 6) is 1.65. The van der Waals surface area contributed by atoms with Crippen LogP contribution in [-0.2, 0) is 0 Å². The number of halogens is 1. The van der Waals surface area contributed by atoms with Crippen molar-refractivity contribution < 1.29 is 9.21 Å². The molecule has 1 fully saturated rings. The molecule has 4 rings (SSSR count). The van der Waals surface area contributed by atoms with Crippen LogP contribution in [0.15, 0.2) is 34.9 Å². The Hall–Kier alpha value is -2.93. The van der Waals surface area contributed by atoms with E-state index in [1.807, 2.05) is 54.4 Å². The van der Waals surface area contributed by atoms with Crippen molar-refractivity contribution in [1.29, 1.82) is 0 Å². The molecule has 1 amide bonds. The average Bonchev–Trinajstić information content (AvgIpc) is 3.10. The summed E-state index contributed by atoms with van der Waals surface area (Å²) in [7, 11) is 3.86. The summed E-state index contributed by atoms with van der Waals surface area (Å²) in [6.07, 6.45) is 3.51. The first kappa shape index (κ1) is 21.3.